The van der Waals surface area contributed by atoms with Crippen LogP contribution < -0.4 is 0 Å². The van der Waals surface area contributed by atoms with Gasteiger partial charge in [-0.15, -0.1) is 11.3 Å². The fourth-order valence-corrected chi connectivity index (χ4v) is 2.66. The molecule has 0 aliphatic heterocycles. The summed E-state index contributed by atoms with van der Waals surface area (Å²) in [5, 5.41) is 2.53. The van der Waals surface area contributed by atoms with E-state index in [9.17, 15) is 9.18 Å². The minimum absolute atomic E-state index is 0.0600. The molecule has 4 nitrogen and oxygen atoms in total. The molecule has 0 amide bonds. The predicted molar refractivity (Wildman–Crippen MR) is 79.7 cm³/mol. The number of hydrogen-bond donors (Lipinski definition) is 0. The van der Waals surface area contributed by atoms with Crippen molar-refractivity contribution >= 4 is 17.3 Å². The highest BCUT2D eigenvalue weighted by atomic mass is 32.1. The first-order chi connectivity index (χ1) is 10.7. The highest BCUT2D eigenvalue weighted by Gasteiger charge is 2.11. The minimum atomic E-state index is -0.488. The Labute approximate surface area is 130 Å². The van der Waals surface area contributed by atoms with Gasteiger partial charge in [-0.25, -0.2) is 9.37 Å². The number of furan rings is 1. The maximum absolute atomic E-state index is 13.4. The van der Waals surface area contributed by atoms with E-state index in [1.165, 1.54) is 17.4 Å². The first kappa shape index (κ1) is 14.5. The lowest BCUT2D eigenvalue weighted by atomic mass is 10.1. The Hall–Kier alpha value is -2.47. The third-order valence-corrected chi connectivity index (χ3v) is 3.86. The van der Waals surface area contributed by atoms with Crippen molar-refractivity contribution in [1.29, 1.82) is 0 Å². The van der Waals surface area contributed by atoms with Crippen molar-refractivity contribution in [3.63, 3.8) is 0 Å². The normalized spacial score (nSPS) is 10.6. The molecular weight excluding hydrogens is 305 g/mol. The Kier molecular flexibility index (Phi) is 4.29. The highest BCUT2D eigenvalue weighted by molar-refractivity contribution is 7.13. The average Bonchev–Trinajstić information content (AvgIpc) is 3.18. The molecule has 22 heavy (non-hydrogen) atoms. The zero-order valence-corrected chi connectivity index (χ0v) is 12.3. The first-order valence-corrected chi connectivity index (χ1v) is 7.47. The van der Waals surface area contributed by atoms with E-state index in [-0.39, 0.29) is 13.0 Å². The Morgan fingerprint density at radius 2 is 2.14 bits per heavy atom. The van der Waals surface area contributed by atoms with Gasteiger partial charge in [0.05, 0.1) is 18.4 Å². The zero-order chi connectivity index (χ0) is 15.4. The summed E-state index contributed by atoms with van der Waals surface area (Å²) < 4.78 is 23.8. The molecule has 0 aliphatic rings. The molecule has 0 unspecified atom stereocenters. The Balaban J connectivity index is 1.56. The largest absolute Gasteiger partial charge is 0.462 e. The third-order valence-electron chi connectivity index (χ3n) is 2.96. The molecule has 2 heterocycles. The van der Waals surface area contributed by atoms with Gasteiger partial charge in [0.1, 0.15) is 12.4 Å². The van der Waals surface area contributed by atoms with Crippen LogP contribution in [0.15, 0.2) is 52.5 Å². The number of ether oxygens (including phenoxy) is 1. The molecule has 2 aromatic heterocycles. The summed E-state index contributed by atoms with van der Waals surface area (Å²) in [7, 11) is 0. The second-order valence-electron chi connectivity index (χ2n) is 4.55. The lowest BCUT2D eigenvalue weighted by molar-refractivity contribution is -0.144. The predicted octanol–water partition coefficient (Wildman–Crippen LogP) is 3.83. The van der Waals surface area contributed by atoms with E-state index in [4.69, 9.17) is 9.15 Å². The number of carbonyl (C=O) groups is 1. The average molecular weight is 317 g/mol. The fraction of sp³-hybridized carbons (Fsp3) is 0.125. The third kappa shape index (κ3) is 3.40. The number of thiazole rings is 1. The number of benzene rings is 1. The van der Waals surface area contributed by atoms with Crippen molar-refractivity contribution in [2.75, 3.05) is 0 Å². The number of halogens is 1. The van der Waals surface area contributed by atoms with Crippen molar-refractivity contribution in [2.24, 2.45) is 0 Å². The topological polar surface area (TPSA) is 52.3 Å². The number of aromatic nitrogens is 1. The monoisotopic (exact) mass is 317 g/mol. The lowest BCUT2D eigenvalue weighted by Crippen LogP contribution is -2.09. The standard InChI is InChI=1S/C16H12FNO3S/c17-13-5-2-1-4-11(13)8-15(19)21-9-12-10-22-16(18-12)14-6-3-7-20-14/h1-7,10H,8-9H2. The van der Waals surface area contributed by atoms with Crippen molar-refractivity contribution in [3.05, 3.63) is 65.1 Å². The minimum Gasteiger partial charge on any atom is -0.462 e. The Morgan fingerprint density at radius 3 is 2.91 bits per heavy atom. The molecule has 0 N–H and O–H groups in total. The van der Waals surface area contributed by atoms with Gasteiger partial charge in [0.15, 0.2) is 10.8 Å². The summed E-state index contributed by atoms with van der Waals surface area (Å²) in [4.78, 5) is 16.1. The second-order valence-corrected chi connectivity index (χ2v) is 5.41. The van der Waals surface area contributed by atoms with Crippen molar-refractivity contribution in [2.45, 2.75) is 13.0 Å². The van der Waals surface area contributed by atoms with Gasteiger partial charge in [-0.1, -0.05) is 18.2 Å². The van der Waals surface area contributed by atoms with E-state index in [2.05, 4.69) is 4.98 Å². The van der Waals surface area contributed by atoms with Crippen LogP contribution in [0.4, 0.5) is 4.39 Å². The molecule has 1 aromatic carbocycles. The van der Waals surface area contributed by atoms with E-state index in [0.29, 0.717) is 17.0 Å². The molecule has 0 fully saturated rings. The highest BCUT2D eigenvalue weighted by Crippen LogP contribution is 2.24. The van der Waals surface area contributed by atoms with Gasteiger partial charge in [-0.05, 0) is 23.8 Å². The first-order valence-electron chi connectivity index (χ1n) is 6.59. The zero-order valence-electron chi connectivity index (χ0n) is 11.5. The maximum Gasteiger partial charge on any atom is 0.310 e. The van der Waals surface area contributed by atoms with Gasteiger partial charge < -0.3 is 9.15 Å². The number of nitrogens with zero attached hydrogens (tertiary/aromatic N) is 1. The molecule has 112 valence electrons. The molecule has 0 radical (unpaired) electrons. The molecule has 0 spiro atoms. The molecular formula is C16H12FNO3S. The smallest absolute Gasteiger partial charge is 0.310 e. The van der Waals surface area contributed by atoms with E-state index in [1.807, 2.05) is 6.07 Å². The fourth-order valence-electron chi connectivity index (χ4n) is 1.89. The number of rotatable bonds is 5. The van der Waals surface area contributed by atoms with Gasteiger partial charge in [0.2, 0.25) is 0 Å². The molecule has 3 aromatic rings. The maximum atomic E-state index is 13.4. The summed E-state index contributed by atoms with van der Waals surface area (Å²) in [5.74, 6) is -0.222. The van der Waals surface area contributed by atoms with Crippen LogP contribution >= 0.6 is 11.3 Å². The molecule has 0 saturated heterocycles. The van der Waals surface area contributed by atoms with Crippen LogP contribution in [0.2, 0.25) is 0 Å². The van der Waals surface area contributed by atoms with Gasteiger partial charge in [-0.3, -0.25) is 4.79 Å². The van der Waals surface area contributed by atoms with Crippen molar-refractivity contribution < 1.29 is 18.3 Å². The molecule has 0 saturated carbocycles. The van der Waals surface area contributed by atoms with Crippen LogP contribution in [0.25, 0.3) is 10.8 Å². The van der Waals surface area contributed by atoms with E-state index in [1.54, 1.807) is 35.9 Å². The van der Waals surface area contributed by atoms with Crippen LogP contribution in [0.5, 0.6) is 0 Å². The van der Waals surface area contributed by atoms with E-state index >= 15 is 0 Å². The van der Waals surface area contributed by atoms with Crippen LogP contribution in [0.3, 0.4) is 0 Å². The molecule has 0 aliphatic carbocycles. The van der Waals surface area contributed by atoms with Crippen molar-refractivity contribution in [1.82, 2.24) is 4.98 Å². The number of hydrogen-bond acceptors (Lipinski definition) is 5. The number of esters is 1. The van der Waals surface area contributed by atoms with Crippen LogP contribution in [-0.4, -0.2) is 11.0 Å². The lowest BCUT2D eigenvalue weighted by Gasteiger charge is -2.04. The Bertz CT molecular complexity index is 767. The summed E-state index contributed by atoms with van der Waals surface area (Å²) in [6.45, 7) is 0.0600. The molecule has 0 atom stereocenters. The summed E-state index contributed by atoms with van der Waals surface area (Å²) in [5.41, 5.74) is 0.959. The summed E-state index contributed by atoms with van der Waals surface area (Å²) in [6.07, 6.45) is 1.48. The molecule has 0 bridgehead atoms. The summed E-state index contributed by atoms with van der Waals surface area (Å²) >= 11 is 1.41. The van der Waals surface area contributed by atoms with Crippen LogP contribution in [-0.2, 0) is 22.6 Å². The van der Waals surface area contributed by atoms with Crippen LogP contribution in [0.1, 0.15) is 11.3 Å². The molecule has 6 heteroatoms. The van der Waals surface area contributed by atoms with Crippen molar-refractivity contribution in [3.8, 4) is 10.8 Å². The van der Waals surface area contributed by atoms with E-state index < -0.39 is 11.8 Å². The Morgan fingerprint density at radius 1 is 1.27 bits per heavy atom. The SMILES string of the molecule is O=C(Cc1ccccc1F)OCc1csc(-c2ccco2)n1. The van der Waals surface area contributed by atoms with Gasteiger partial charge in [-0.2, -0.15) is 0 Å². The summed E-state index contributed by atoms with van der Waals surface area (Å²) in [6, 6.07) is 9.74. The van der Waals surface area contributed by atoms with Crippen LogP contribution in [0, 0.1) is 5.82 Å². The van der Waals surface area contributed by atoms with Gasteiger partial charge in [0.25, 0.3) is 0 Å². The van der Waals surface area contributed by atoms with Gasteiger partial charge in [0, 0.05) is 5.38 Å². The number of carbonyl (C=O) groups excluding carboxylic acids is 1. The van der Waals surface area contributed by atoms with E-state index in [0.717, 1.165) is 5.01 Å². The van der Waals surface area contributed by atoms with Gasteiger partial charge >= 0.3 is 5.97 Å². The molecule has 3 rings (SSSR count). The quantitative estimate of drug-likeness (QED) is 0.671. The second kappa shape index (κ2) is 6.53.